The molecular formula is C41H28N2S. The van der Waals surface area contributed by atoms with Crippen LogP contribution in [0.4, 0.5) is 0 Å². The molecule has 2 nitrogen and oxygen atoms in total. The highest BCUT2D eigenvalue weighted by molar-refractivity contribution is 7.99. The first-order valence-corrected chi connectivity index (χ1v) is 16.1. The molecule has 0 N–H and O–H groups in total. The second-order valence-corrected chi connectivity index (χ2v) is 13.7. The lowest BCUT2D eigenvalue weighted by molar-refractivity contribution is 0.660. The monoisotopic (exact) mass is 580 g/mol. The average molecular weight is 581 g/mol. The van der Waals surface area contributed by atoms with Crippen molar-refractivity contribution in [1.82, 2.24) is 9.13 Å². The van der Waals surface area contributed by atoms with Crippen LogP contribution in [0, 0.1) is 0 Å². The van der Waals surface area contributed by atoms with Gasteiger partial charge in [0.15, 0.2) is 0 Å². The summed E-state index contributed by atoms with van der Waals surface area (Å²) in [5.74, 6) is 0. The molecule has 0 atom stereocenters. The zero-order valence-electron chi connectivity index (χ0n) is 24.5. The number of fused-ring (bicyclic) bond motifs is 10. The van der Waals surface area contributed by atoms with Gasteiger partial charge in [-0.1, -0.05) is 117 Å². The van der Waals surface area contributed by atoms with Gasteiger partial charge in [-0.2, -0.15) is 0 Å². The molecule has 2 aromatic heterocycles. The Morgan fingerprint density at radius 3 is 2.14 bits per heavy atom. The van der Waals surface area contributed by atoms with E-state index in [-0.39, 0.29) is 5.41 Å². The third kappa shape index (κ3) is 3.07. The van der Waals surface area contributed by atoms with Crippen LogP contribution >= 0.6 is 11.8 Å². The third-order valence-electron chi connectivity index (χ3n) is 9.90. The number of hydrogen-bond donors (Lipinski definition) is 0. The lowest BCUT2D eigenvalue weighted by Gasteiger charge is -2.23. The fraction of sp³-hybridized carbons (Fsp3) is 0.0732. The maximum absolute atomic E-state index is 2.52. The Kier molecular flexibility index (Phi) is 4.75. The second-order valence-electron chi connectivity index (χ2n) is 12.6. The van der Waals surface area contributed by atoms with Crippen LogP contribution in [-0.2, 0) is 5.41 Å². The van der Waals surface area contributed by atoms with Gasteiger partial charge in [-0.05, 0) is 75.8 Å². The van der Waals surface area contributed by atoms with Gasteiger partial charge in [-0.15, -0.1) is 0 Å². The topological polar surface area (TPSA) is 9.86 Å². The molecule has 6 aromatic carbocycles. The summed E-state index contributed by atoms with van der Waals surface area (Å²) in [6.07, 6.45) is 0. The average Bonchev–Trinajstić information content (AvgIpc) is 3.66. The second kappa shape index (κ2) is 8.56. The zero-order valence-corrected chi connectivity index (χ0v) is 25.3. The molecule has 0 saturated heterocycles. The molecule has 208 valence electrons. The molecule has 0 fully saturated rings. The summed E-state index contributed by atoms with van der Waals surface area (Å²) in [5.41, 5.74) is 14.1. The molecule has 3 heteroatoms. The maximum atomic E-state index is 2.52. The van der Waals surface area contributed by atoms with E-state index >= 15 is 0 Å². The Hall–Kier alpha value is -4.99. The molecule has 10 rings (SSSR count). The van der Waals surface area contributed by atoms with E-state index in [1.165, 1.54) is 87.4 Å². The quantitative estimate of drug-likeness (QED) is 0.198. The van der Waals surface area contributed by atoms with Crippen LogP contribution in [0.5, 0.6) is 0 Å². The molecule has 0 radical (unpaired) electrons. The van der Waals surface area contributed by atoms with Crippen LogP contribution in [0.25, 0.3) is 66.5 Å². The zero-order chi connectivity index (χ0) is 29.2. The van der Waals surface area contributed by atoms with Crippen molar-refractivity contribution in [3.8, 4) is 33.6 Å². The smallest absolute Gasteiger partial charge is 0.131 e. The van der Waals surface area contributed by atoms with Gasteiger partial charge in [-0.25, -0.2) is 0 Å². The SMILES string of the molecule is CC1(C)c2cc(-c3ccccc3)ccc2-c2ccc(-n3c4ccccc4c4c5cccc6c5n(c43)-c3ccccc3S6)cc21. The molecule has 0 bridgehead atoms. The van der Waals surface area contributed by atoms with Crippen molar-refractivity contribution in [2.75, 3.05) is 0 Å². The van der Waals surface area contributed by atoms with Crippen molar-refractivity contribution >= 4 is 44.6 Å². The van der Waals surface area contributed by atoms with E-state index in [0.29, 0.717) is 0 Å². The first-order chi connectivity index (χ1) is 21.6. The fourth-order valence-electron chi connectivity index (χ4n) is 7.86. The Bertz CT molecular complexity index is 2490. The highest BCUT2D eigenvalue weighted by atomic mass is 32.2. The standard InChI is InChI=1S/C41H28N2S/c1-41(2)32-23-26(25-11-4-3-5-12-25)19-21-28(32)29-22-20-27(24-33(29)41)42-34-15-7-6-13-30(34)38-31-14-10-18-37-39(31)43(40(38)42)35-16-8-9-17-36(35)44-37/h3-24H,1-2H3. The highest BCUT2D eigenvalue weighted by Crippen LogP contribution is 2.52. The van der Waals surface area contributed by atoms with Crippen LogP contribution in [0.3, 0.4) is 0 Å². The van der Waals surface area contributed by atoms with E-state index < -0.39 is 0 Å². The van der Waals surface area contributed by atoms with Gasteiger partial charge in [0.05, 0.1) is 16.7 Å². The van der Waals surface area contributed by atoms with Gasteiger partial charge in [-0.3, -0.25) is 9.13 Å². The molecule has 1 aliphatic heterocycles. The van der Waals surface area contributed by atoms with Crippen molar-refractivity contribution in [3.63, 3.8) is 0 Å². The summed E-state index contributed by atoms with van der Waals surface area (Å²) in [4.78, 5) is 2.61. The molecular weight excluding hydrogens is 553 g/mol. The number of para-hydroxylation sites is 3. The molecule has 0 spiro atoms. The highest BCUT2D eigenvalue weighted by Gasteiger charge is 2.36. The number of nitrogens with zero attached hydrogens (tertiary/aromatic N) is 2. The third-order valence-corrected chi connectivity index (χ3v) is 11.0. The van der Waals surface area contributed by atoms with Crippen molar-refractivity contribution in [1.29, 1.82) is 0 Å². The predicted octanol–water partition coefficient (Wildman–Crippen LogP) is 11.2. The summed E-state index contributed by atoms with van der Waals surface area (Å²) in [6, 6.07) is 49.4. The summed E-state index contributed by atoms with van der Waals surface area (Å²) < 4.78 is 5.03. The molecule has 3 heterocycles. The molecule has 0 amide bonds. The molecule has 2 aliphatic rings. The number of benzene rings is 6. The van der Waals surface area contributed by atoms with Crippen molar-refractivity contribution in [3.05, 3.63) is 145 Å². The predicted molar refractivity (Wildman–Crippen MR) is 185 cm³/mol. The van der Waals surface area contributed by atoms with E-state index in [1.807, 2.05) is 11.8 Å². The number of rotatable bonds is 2. The molecule has 8 aromatic rings. The van der Waals surface area contributed by atoms with Gasteiger partial charge in [0, 0.05) is 37.1 Å². The summed E-state index contributed by atoms with van der Waals surface area (Å²) >= 11 is 1.88. The van der Waals surface area contributed by atoms with Gasteiger partial charge in [0.25, 0.3) is 0 Å². The lowest BCUT2D eigenvalue weighted by Crippen LogP contribution is -2.15. The van der Waals surface area contributed by atoms with Crippen LogP contribution < -0.4 is 0 Å². The minimum Gasteiger partial charge on any atom is -0.295 e. The number of hydrogen-bond acceptors (Lipinski definition) is 1. The minimum absolute atomic E-state index is 0.123. The number of aromatic nitrogens is 2. The molecule has 0 saturated carbocycles. The van der Waals surface area contributed by atoms with Gasteiger partial charge < -0.3 is 0 Å². The lowest BCUT2D eigenvalue weighted by atomic mass is 9.81. The van der Waals surface area contributed by atoms with Gasteiger partial charge in [0.2, 0.25) is 0 Å². The normalized spacial score (nSPS) is 14.2. The van der Waals surface area contributed by atoms with E-state index in [2.05, 4.69) is 156 Å². The summed E-state index contributed by atoms with van der Waals surface area (Å²) in [7, 11) is 0. The van der Waals surface area contributed by atoms with Crippen LogP contribution in [0.1, 0.15) is 25.0 Å². The Balaban J connectivity index is 1.26. The largest absolute Gasteiger partial charge is 0.295 e. The van der Waals surface area contributed by atoms with Crippen molar-refractivity contribution in [2.24, 2.45) is 0 Å². The van der Waals surface area contributed by atoms with E-state index in [1.54, 1.807) is 0 Å². The van der Waals surface area contributed by atoms with E-state index in [4.69, 9.17) is 0 Å². The van der Waals surface area contributed by atoms with E-state index in [0.717, 1.165) is 0 Å². The van der Waals surface area contributed by atoms with Crippen molar-refractivity contribution in [2.45, 2.75) is 29.1 Å². The summed E-state index contributed by atoms with van der Waals surface area (Å²) in [5, 5.41) is 3.94. The first-order valence-electron chi connectivity index (χ1n) is 15.3. The molecule has 1 aliphatic carbocycles. The molecule has 44 heavy (non-hydrogen) atoms. The van der Waals surface area contributed by atoms with Gasteiger partial charge >= 0.3 is 0 Å². The maximum Gasteiger partial charge on any atom is 0.131 e. The van der Waals surface area contributed by atoms with Gasteiger partial charge in [0.1, 0.15) is 5.65 Å². The summed E-state index contributed by atoms with van der Waals surface area (Å²) in [6.45, 7) is 4.77. The molecule has 0 unspecified atom stereocenters. The van der Waals surface area contributed by atoms with Crippen LogP contribution in [0.15, 0.2) is 143 Å². The minimum atomic E-state index is -0.123. The van der Waals surface area contributed by atoms with Crippen LogP contribution in [0.2, 0.25) is 0 Å². The Morgan fingerprint density at radius 1 is 0.545 bits per heavy atom. The van der Waals surface area contributed by atoms with Crippen molar-refractivity contribution < 1.29 is 0 Å². The van der Waals surface area contributed by atoms with E-state index in [9.17, 15) is 0 Å². The van der Waals surface area contributed by atoms with Crippen LogP contribution in [-0.4, -0.2) is 9.13 Å². The fourth-order valence-corrected chi connectivity index (χ4v) is 8.96. The first kappa shape index (κ1) is 24.5. The Labute approximate surface area is 260 Å². The Morgan fingerprint density at radius 2 is 1.25 bits per heavy atom.